The Hall–Kier alpha value is -1.71. The Balaban J connectivity index is 2.66. The zero-order valence-corrected chi connectivity index (χ0v) is 12.3. The molecule has 96 valence electrons. The molecule has 6 heteroatoms. The Morgan fingerprint density at radius 3 is 2.89 bits per heavy atom. The summed E-state index contributed by atoms with van der Waals surface area (Å²) >= 11 is 4.32. The van der Waals surface area contributed by atoms with Gasteiger partial charge in [0.25, 0.3) is 5.56 Å². The molecule has 0 bridgehead atoms. The van der Waals surface area contributed by atoms with Crippen LogP contribution in [-0.2, 0) is 7.05 Å². The van der Waals surface area contributed by atoms with Crippen LogP contribution in [0.2, 0.25) is 0 Å². The molecule has 19 heavy (non-hydrogen) atoms. The summed E-state index contributed by atoms with van der Waals surface area (Å²) in [7, 11) is 1.61. The molecular weight excluding hydrogens is 331 g/mol. The van der Waals surface area contributed by atoms with E-state index < -0.39 is 0 Å². The Morgan fingerprint density at radius 1 is 1.53 bits per heavy atom. The minimum absolute atomic E-state index is 0.174. The van der Waals surface area contributed by atoms with Crippen molar-refractivity contribution >= 4 is 39.4 Å². The van der Waals surface area contributed by atoms with Gasteiger partial charge >= 0.3 is 0 Å². The molecule has 2 aromatic rings. The van der Waals surface area contributed by atoms with E-state index in [0.29, 0.717) is 13.7 Å². The molecule has 1 heterocycles. The summed E-state index contributed by atoms with van der Waals surface area (Å²) in [6, 6.07) is 6.42. The minimum atomic E-state index is -0.352. The van der Waals surface area contributed by atoms with Crippen LogP contribution in [0.3, 0.4) is 0 Å². The average molecular weight is 339 g/mol. The SMILES string of the molecule is Cn1c(=O)/c(=C\c2ccc(F)c(Br)c2)s/c1=C\C#N. The first-order valence-electron chi connectivity index (χ1n) is 5.25. The standard InChI is InChI=1S/C13H8BrFN2OS/c1-17-12(4-5-16)19-11(13(17)18)7-8-2-3-10(15)9(14)6-8/h2-4,6-7H,1H3/b11-7+,12-4-. The predicted octanol–water partition coefficient (Wildman–Crippen LogP) is 1.48. The van der Waals surface area contributed by atoms with E-state index in [1.165, 1.54) is 28.0 Å². The van der Waals surface area contributed by atoms with Crippen LogP contribution in [0, 0.1) is 17.1 Å². The van der Waals surface area contributed by atoms with E-state index >= 15 is 0 Å². The summed E-state index contributed by atoms with van der Waals surface area (Å²) in [5.41, 5.74) is 0.544. The summed E-state index contributed by atoms with van der Waals surface area (Å²) in [6.45, 7) is 0. The highest BCUT2D eigenvalue weighted by Gasteiger charge is 2.02. The number of nitriles is 1. The third-order valence-electron chi connectivity index (χ3n) is 2.49. The van der Waals surface area contributed by atoms with Gasteiger partial charge in [0.1, 0.15) is 10.5 Å². The molecule has 0 aliphatic heterocycles. The van der Waals surface area contributed by atoms with Crippen molar-refractivity contribution in [2.45, 2.75) is 0 Å². The van der Waals surface area contributed by atoms with Gasteiger partial charge in [0.2, 0.25) is 0 Å². The highest BCUT2D eigenvalue weighted by atomic mass is 79.9. The molecule has 0 saturated carbocycles. The second-order valence-electron chi connectivity index (χ2n) is 3.76. The summed E-state index contributed by atoms with van der Waals surface area (Å²) in [5.74, 6) is -0.352. The average Bonchev–Trinajstić information content (AvgIpc) is 2.63. The van der Waals surface area contributed by atoms with Gasteiger partial charge in [-0.05, 0) is 39.7 Å². The van der Waals surface area contributed by atoms with Crippen molar-refractivity contribution in [2.75, 3.05) is 0 Å². The zero-order valence-electron chi connectivity index (χ0n) is 9.85. The van der Waals surface area contributed by atoms with E-state index in [1.807, 2.05) is 6.07 Å². The van der Waals surface area contributed by atoms with E-state index in [4.69, 9.17) is 5.26 Å². The van der Waals surface area contributed by atoms with Crippen molar-refractivity contribution in [1.82, 2.24) is 4.57 Å². The molecule has 2 rings (SSSR count). The number of rotatable bonds is 1. The number of hydrogen-bond acceptors (Lipinski definition) is 3. The summed E-state index contributed by atoms with van der Waals surface area (Å²) < 4.78 is 16.0. The van der Waals surface area contributed by atoms with E-state index in [1.54, 1.807) is 25.3 Å². The van der Waals surface area contributed by atoms with Crippen molar-refractivity contribution in [1.29, 1.82) is 5.26 Å². The third-order valence-corrected chi connectivity index (χ3v) is 4.21. The third kappa shape index (κ3) is 2.83. The van der Waals surface area contributed by atoms with Crippen molar-refractivity contribution in [3.05, 3.63) is 53.6 Å². The molecule has 0 aliphatic rings. The van der Waals surface area contributed by atoms with Crippen LogP contribution in [0.5, 0.6) is 0 Å². The van der Waals surface area contributed by atoms with E-state index in [0.717, 1.165) is 5.56 Å². The van der Waals surface area contributed by atoms with Crippen molar-refractivity contribution in [2.24, 2.45) is 7.05 Å². The lowest BCUT2D eigenvalue weighted by Gasteiger charge is -1.95. The van der Waals surface area contributed by atoms with Gasteiger partial charge in [-0.2, -0.15) is 5.26 Å². The topological polar surface area (TPSA) is 45.8 Å². The fourth-order valence-corrected chi connectivity index (χ4v) is 2.89. The van der Waals surface area contributed by atoms with Gasteiger partial charge in [-0.1, -0.05) is 6.07 Å². The lowest BCUT2D eigenvalue weighted by atomic mass is 10.2. The van der Waals surface area contributed by atoms with Gasteiger partial charge < -0.3 is 4.57 Å². The maximum Gasteiger partial charge on any atom is 0.268 e. The summed E-state index contributed by atoms with van der Waals surface area (Å²) in [6.07, 6.45) is 3.00. The van der Waals surface area contributed by atoms with E-state index in [9.17, 15) is 9.18 Å². The van der Waals surface area contributed by atoms with E-state index in [2.05, 4.69) is 15.9 Å². The molecule has 0 unspecified atom stereocenters. The fraction of sp³-hybridized carbons (Fsp3) is 0.0769. The number of halogens is 2. The molecule has 1 aromatic carbocycles. The van der Waals surface area contributed by atoms with Crippen LogP contribution in [0.4, 0.5) is 4.39 Å². The van der Waals surface area contributed by atoms with Gasteiger partial charge in [-0.25, -0.2) is 4.39 Å². The van der Waals surface area contributed by atoms with Crippen molar-refractivity contribution < 1.29 is 4.39 Å². The number of thiazole rings is 1. The van der Waals surface area contributed by atoms with Crippen molar-refractivity contribution in [3.8, 4) is 6.07 Å². The maximum atomic E-state index is 13.1. The first-order valence-corrected chi connectivity index (χ1v) is 6.86. The Kier molecular flexibility index (Phi) is 3.98. The lowest BCUT2D eigenvalue weighted by molar-refractivity contribution is 0.621. The second kappa shape index (κ2) is 5.51. The Bertz CT molecular complexity index is 845. The van der Waals surface area contributed by atoms with Gasteiger partial charge in [-0.3, -0.25) is 4.79 Å². The Labute approximate surface area is 120 Å². The van der Waals surface area contributed by atoms with Crippen LogP contribution < -0.4 is 14.8 Å². The molecule has 0 fully saturated rings. The molecule has 0 spiro atoms. The van der Waals surface area contributed by atoms with Crippen LogP contribution >= 0.6 is 27.3 Å². The predicted molar refractivity (Wildman–Crippen MR) is 76.6 cm³/mol. The van der Waals surface area contributed by atoms with Gasteiger partial charge in [0.05, 0.1) is 15.1 Å². The molecular formula is C13H8BrFN2OS. The lowest BCUT2D eigenvalue weighted by Crippen LogP contribution is -2.28. The first kappa shape index (κ1) is 13.7. The minimum Gasteiger partial charge on any atom is -0.301 e. The van der Waals surface area contributed by atoms with Crippen molar-refractivity contribution in [3.63, 3.8) is 0 Å². The molecule has 0 saturated heterocycles. The smallest absolute Gasteiger partial charge is 0.268 e. The molecule has 0 radical (unpaired) electrons. The monoisotopic (exact) mass is 338 g/mol. The largest absolute Gasteiger partial charge is 0.301 e. The highest BCUT2D eigenvalue weighted by Crippen LogP contribution is 2.16. The highest BCUT2D eigenvalue weighted by molar-refractivity contribution is 9.10. The number of benzene rings is 1. The van der Waals surface area contributed by atoms with Crippen LogP contribution in [-0.4, -0.2) is 4.57 Å². The number of hydrogen-bond donors (Lipinski definition) is 0. The summed E-state index contributed by atoms with van der Waals surface area (Å²) in [4.78, 5) is 11.9. The van der Waals surface area contributed by atoms with Crippen LogP contribution in [0.25, 0.3) is 12.2 Å². The molecule has 0 atom stereocenters. The summed E-state index contributed by atoms with van der Waals surface area (Å²) in [5, 5.41) is 8.63. The molecule has 1 aromatic heterocycles. The first-order chi connectivity index (χ1) is 9.02. The number of nitrogens with zero attached hydrogens (tertiary/aromatic N) is 2. The van der Waals surface area contributed by atoms with E-state index in [-0.39, 0.29) is 11.4 Å². The molecule has 0 amide bonds. The normalized spacial score (nSPS) is 12.7. The second-order valence-corrected chi connectivity index (χ2v) is 5.68. The molecule has 0 N–H and O–H groups in total. The fourth-order valence-electron chi connectivity index (χ4n) is 1.52. The maximum absolute atomic E-state index is 13.1. The molecule has 3 nitrogen and oxygen atoms in total. The number of aromatic nitrogens is 1. The quantitative estimate of drug-likeness (QED) is 0.790. The molecule has 0 aliphatic carbocycles. The van der Waals surface area contributed by atoms with Gasteiger partial charge in [-0.15, -0.1) is 11.3 Å². The Morgan fingerprint density at radius 2 is 2.26 bits per heavy atom. The zero-order chi connectivity index (χ0) is 14.0. The van der Waals surface area contributed by atoms with Gasteiger partial charge in [0, 0.05) is 13.1 Å². The van der Waals surface area contributed by atoms with Gasteiger partial charge in [0.15, 0.2) is 0 Å². The van der Waals surface area contributed by atoms with Crippen LogP contribution in [0.1, 0.15) is 5.56 Å². The van der Waals surface area contributed by atoms with Crippen LogP contribution in [0.15, 0.2) is 27.5 Å².